The number of aryl methyl sites for hydroxylation is 1. The Balaban J connectivity index is 1.59. The van der Waals surface area contributed by atoms with Crippen LogP contribution in [-0.4, -0.2) is 23.3 Å². The number of carbonyl (C=O) groups excluding carboxylic acids is 1. The highest BCUT2D eigenvalue weighted by molar-refractivity contribution is 7.12. The number of esters is 1. The molecule has 3 heterocycles. The topological polar surface area (TPSA) is 123 Å². The van der Waals surface area contributed by atoms with Crippen LogP contribution in [0.25, 0.3) is 11.3 Å². The van der Waals surface area contributed by atoms with Crippen molar-refractivity contribution < 1.29 is 19.0 Å². The molecule has 0 amide bonds. The first-order chi connectivity index (χ1) is 17.0. The molecule has 0 unspecified atom stereocenters. The van der Waals surface area contributed by atoms with Crippen molar-refractivity contribution in [2.24, 2.45) is 5.73 Å². The number of aromatic amines is 1. The molecule has 1 aliphatic rings. The van der Waals surface area contributed by atoms with Gasteiger partial charge in [0.1, 0.15) is 16.5 Å². The Labute approximate surface area is 205 Å². The monoisotopic (exact) mass is 484 g/mol. The molecule has 0 aliphatic carbocycles. The van der Waals surface area contributed by atoms with E-state index in [0.717, 1.165) is 16.8 Å². The highest BCUT2D eigenvalue weighted by Gasteiger charge is 2.36. The van der Waals surface area contributed by atoms with Crippen LogP contribution in [-0.2, 0) is 0 Å². The number of H-pyrrole nitrogens is 1. The van der Waals surface area contributed by atoms with E-state index in [4.69, 9.17) is 19.9 Å². The first kappa shape index (κ1) is 22.3. The van der Waals surface area contributed by atoms with Gasteiger partial charge in [-0.3, -0.25) is 5.10 Å². The molecule has 3 N–H and O–H groups in total. The lowest BCUT2D eigenvalue weighted by Gasteiger charge is -2.24. The molecule has 5 rings (SSSR count). The standard InChI is InChI=1S/C26H20N4O4S/c1-14-5-7-15(8-6-14)23-22-21(17(13-27)24(28)34-25(22)30-29-23)16-9-10-18(19(12-16)32-2)33-26(31)20-4-3-11-35-20/h3-12,21H,28H2,1-2H3,(H,29,30)/t21-/m0/s1. The number of benzene rings is 2. The van der Waals surface area contributed by atoms with Crippen LogP contribution in [0, 0.1) is 18.3 Å². The SMILES string of the molecule is COc1cc([C@H]2C(C#N)=C(N)Oc3n[nH]c(-c4ccc(C)cc4)c32)ccc1OC(=O)c1cccs1. The van der Waals surface area contributed by atoms with Crippen LogP contribution in [0.1, 0.15) is 32.3 Å². The molecule has 0 radical (unpaired) electrons. The molecule has 8 nitrogen and oxygen atoms in total. The number of thiophene rings is 1. The molecule has 0 spiro atoms. The quantitative estimate of drug-likeness (QED) is 0.305. The van der Waals surface area contributed by atoms with E-state index in [9.17, 15) is 10.1 Å². The second kappa shape index (κ2) is 9.00. The van der Waals surface area contributed by atoms with Crippen molar-refractivity contribution >= 4 is 17.3 Å². The van der Waals surface area contributed by atoms with Gasteiger partial charge < -0.3 is 19.9 Å². The number of fused-ring (bicyclic) bond motifs is 1. The highest BCUT2D eigenvalue weighted by Crippen LogP contribution is 2.47. The molecule has 2 aromatic heterocycles. The van der Waals surface area contributed by atoms with Gasteiger partial charge in [0, 0.05) is 5.56 Å². The van der Waals surface area contributed by atoms with Gasteiger partial charge >= 0.3 is 5.97 Å². The summed E-state index contributed by atoms with van der Waals surface area (Å²) in [6.07, 6.45) is 0. The van der Waals surface area contributed by atoms with Crippen molar-refractivity contribution in [2.45, 2.75) is 12.8 Å². The van der Waals surface area contributed by atoms with Crippen LogP contribution in [0.5, 0.6) is 17.4 Å². The molecular formula is C26H20N4O4S. The van der Waals surface area contributed by atoms with Gasteiger partial charge in [-0.25, -0.2) is 4.79 Å². The van der Waals surface area contributed by atoms with Gasteiger partial charge in [-0.1, -0.05) is 42.0 Å². The van der Waals surface area contributed by atoms with E-state index in [1.165, 1.54) is 18.4 Å². The van der Waals surface area contributed by atoms with Crippen molar-refractivity contribution in [3.8, 4) is 34.7 Å². The molecule has 0 fully saturated rings. The first-order valence-corrected chi connectivity index (χ1v) is 11.5. The Morgan fingerprint density at radius 3 is 2.69 bits per heavy atom. The van der Waals surface area contributed by atoms with Crippen LogP contribution in [0.2, 0.25) is 0 Å². The maximum atomic E-state index is 12.5. The van der Waals surface area contributed by atoms with Gasteiger partial charge in [0.15, 0.2) is 11.5 Å². The number of nitriles is 1. The summed E-state index contributed by atoms with van der Waals surface area (Å²) in [5.74, 6) is -0.152. The molecule has 0 saturated carbocycles. The van der Waals surface area contributed by atoms with E-state index in [-0.39, 0.29) is 17.2 Å². The third-order valence-electron chi connectivity index (χ3n) is 5.73. The molecule has 1 atom stereocenters. The lowest BCUT2D eigenvalue weighted by molar-refractivity contribution is 0.0734. The molecule has 4 aromatic rings. The predicted molar refractivity (Wildman–Crippen MR) is 130 cm³/mol. The molecule has 174 valence electrons. The van der Waals surface area contributed by atoms with Crippen molar-refractivity contribution in [1.29, 1.82) is 5.26 Å². The Morgan fingerprint density at radius 1 is 1.20 bits per heavy atom. The van der Waals surface area contributed by atoms with E-state index in [2.05, 4.69) is 16.3 Å². The van der Waals surface area contributed by atoms with E-state index < -0.39 is 11.9 Å². The van der Waals surface area contributed by atoms with Crippen molar-refractivity contribution in [3.05, 3.63) is 93.0 Å². The number of nitrogens with zero attached hydrogens (tertiary/aromatic N) is 2. The summed E-state index contributed by atoms with van der Waals surface area (Å²) in [4.78, 5) is 12.9. The lowest BCUT2D eigenvalue weighted by Crippen LogP contribution is -2.21. The fraction of sp³-hybridized carbons (Fsp3) is 0.115. The molecule has 2 aromatic carbocycles. The summed E-state index contributed by atoms with van der Waals surface area (Å²) >= 11 is 1.29. The number of allylic oxidation sites excluding steroid dienone is 1. The summed E-state index contributed by atoms with van der Waals surface area (Å²) in [6.45, 7) is 2.01. The highest BCUT2D eigenvalue weighted by atomic mass is 32.1. The number of nitrogens with two attached hydrogens (primary N) is 1. The number of methoxy groups -OCH3 is 1. The Kier molecular flexibility index (Phi) is 5.73. The maximum absolute atomic E-state index is 12.5. The summed E-state index contributed by atoms with van der Waals surface area (Å²) in [5.41, 5.74) is 10.5. The van der Waals surface area contributed by atoms with Gasteiger partial charge in [-0.2, -0.15) is 5.26 Å². The minimum atomic E-state index is -0.574. The number of hydrogen-bond acceptors (Lipinski definition) is 8. The van der Waals surface area contributed by atoms with Crippen LogP contribution < -0.4 is 19.9 Å². The zero-order valence-electron chi connectivity index (χ0n) is 18.9. The Bertz CT molecular complexity index is 1480. The third kappa shape index (κ3) is 4.00. The van der Waals surface area contributed by atoms with Crippen LogP contribution >= 0.6 is 11.3 Å². The lowest BCUT2D eigenvalue weighted by atomic mass is 9.83. The number of carbonyl (C=O) groups is 1. The molecular weight excluding hydrogens is 464 g/mol. The fourth-order valence-electron chi connectivity index (χ4n) is 4.01. The van der Waals surface area contributed by atoms with E-state index in [1.54, 1.807) is 35.7 Å². The minimum absolute atomic E-state index is 0.0147. The average Bonchev–Trinajstić information content (AvgIpc) is 3.54. The minimum Gasteiger partial charge on any atom is -0.493 e. The molecule has 1 aliphatic heterocycles. The number of aromatic nitrogens is 2. The second-order valence-corrected chi connectivity index (χ2v) is 8.83. The van der Waals surface area contributed by atoms with E-state index in [1.807, 2.05) is 31.2 Å². The van der Waals surface area contributed by atoms with Crippen molar-refractivity contribution in [1.82, 2.24) is 10.2 Å². The second-order valence-electron chi connectivity index (χ2n) is 7.89. The van der Waals surface area contributed by atoms with E-state index >= 15 is 0 Å². The molecule has 35 heavy (non-hydrogen) atoms. The smallest absolute Gasteiger partial charge is 0.353 e. The number of rotatable bonds is 5. The maximum Gasteiger partial charge on any atom is 0.353 e. The van der Waals surface area contributed by atoms with Gasteiger partial charge in [0.05, 0.1) is 24.3 Å². The molecule has 0 bridgehead atoms. The number of hydrogen-bond donors (Lipinski definition) is 2. The summed E-state index contributed by atoms with van der Waals surface area (Å²) in [5, 5.41) is 19.1. The normalized spacial score (nSPS) is 14.6. The zero-order valence-corrected chi connectivity index (χ0v) is 19.7. The van der Waals surface area contributed by atoms with Crippen LogP contribution in [0.4, 0.5) is 0 Å². The number of nitrogens with one attached hydrogen (secondary N) is 1. The van der Waals surface area contributed by atoms with Gasteiger partial charge in [-0.15, -0.1) is 16.4 Å². The van der Waals surface area contributed by atoms with Gasteiger partial charge in [0.25, 0.3) is 0 Å². The first-order valence-electron chi connectivity index (χ1n) is 10.7. The summed E-state index contributed by atoms with van der Waals surface area (Å²) in [7, 11) is 1.49. The van der Waals surface area contributed by atoms with Crippen LogP contribution in [0.15, 0.2) is 71.4 Å². The predicted octanol–water partition coefficient (Wildman–Crippen LogP) is 4.89. The van der Waals surface area contributed by atoms with E-state index in [0.29, 0.717) is 27.6 Å². The molecule has 0 saturated heterocycles. The zero-order chi connectivity index (χ0) is 24.5. The fourth-order valence-corrected chi connectivity index (χ4v) is 4.61. The van der Waals surface area contributed by atoms with Crippen molar-refractivity contribution in [2.75, 3.05) is 7.11 Å². The average molecular weight is 485 g/mol. The third-order valence-corrected chi connectivity index (χ3v) is 6.58. The van der Waals surface area contributed by atoms with Gasteiger partial charge in [-0.05, 0) is 36.1 Å². The van der Waals surface area contributed by atoms with Gasteiger partial charge in [0.2, 0.25) is 11.8 Å². The Hall–Kier alpha value is -4.55. The summed E-state index contributed by atoms with van der Waals surface area (Å²) in [6, 6.07) is 18.7. The van der Waals surface area contributed by atoms with Crippen LogP contribution in [0.3, 0.4) is 0 Å². The Morgan fingerprint density at radius 2 is 2.00 bits per heavy atom. The summed E-state index contributed by atoms with van der Waals surface area (Å²) < 4.78 is 16.8. The number of ether oxygens (including phenoxy) is 3. The van der Waals surface area contributed by atoms with Crippen molar-refractivity contribution in [3.63, 3.8) is 0 Å². The largest absolute Gasteiger partial charge is 0.493 e. The molecule has 9 heteroatoms.